The molecule has 23 heavy (non-hydrogen) atoms. The predicted octanol–water partition coefficient (Wildman–Crippen LogP) is 0.899. The summed E-state index contributed by atoms with van der Waals surface area (Å²) in [6.45, 7) is -0.377. The summed E-state index contributed by atoms with van der Waals surface area (Å²) in [7, 11) is 0. The van der Waals surface area contributed by atoms with Crippen LogP contribution in [-0.4, -0.2) is 30.3 Å². The minimum Gasteiger partial charge on any atom is -0.454 e. The number of amides is 1. The molecule has 1 aliphatic heterocycles. The number of benzene rings is 1. The first kappa shape index (κ1) is 14.6. The van der Waals surface area contributed by atoms with E-state index in [-0.39, 0.29) is 12.4 Å². The van der Waals surface area contributed by atoms with Crippen LogP contribution in [0.5, 0.6) is 11.5 Å². The average Bonchev–Trinajstić information content (AvgIpc) is 3.01. The van der Waals surface area contributed by atoms with Gasteiger partial charge in [0.15, 0.2) is 18.1 Å². The van der Waals surface area contributed by atoms with Crippen LogP contribution in [0, 0.1) is 0 Å². The fourth-order valence-corrected chi connectivity index (χ4v) is 1.96. The van der Waals surface area contributed by atoms with Gasteiger partial charge in [0.1, 0.15) is 5.56 Å². The maximum Gasteiger partial charge on any atom is 0.344 e. The van der Waals surface area contributed by atoms with Crippen LogP contribution in [0.25, 0.3) is 0 Å². The molecule has 0 fully saturated rings. The summed E-state index contributed by atoms with van der Waals surface area (Å²) < 4.78 is 15.2. The van der Waals surface area contributed by atoms with E-state index in [1.165, 1.54) is 18.3 Å². The molecule has 2 N–H and O–H groups in total. The van der Waals surface area contributed by atoms with Crippen molar-refractivity contribution in [3.05, 3.63) is 52.4 Å². The summed E-state index contributed by atoms with van der Waals surface area (Å²) in [6.07, 6.45) is 1.39. The van der Waals surface area contributed by atoms with Gasteiger partial charge in [-0.2, -0.15) is 0 Å². The predicted molar refractivity (Wildman–Crippen MR) is 78.5 cm³/mol. The van der Waals surface area contributed by atoms with Crippen LogP contribution < -0.4 is 20.3 Å². The molecule has 1 aromatic carbocycles. The molecule has 0 saturated carbocycles. The highest BCUT2D eigenvalue weighted by molar-refractivity contribution is 5.95. The second kappa shape index (κ2) is 6.22. The van der Waals surface area contributed by atoms with Crippen molar-refractivity contribution >= 4 is 17.6 Å². The molecule has 0 radical (unpaired) electrons. The molecule has 0 bridgehead atoms. The number of hydrogen-bond donors (Lipinski definition) is 2. The van der Waals surface area contributed by atoms with E-state index in [1.807, 2.05) is 0 Å². The van der Waals surface area contributed by atoms with Crippen molar-refractivity contribution in [2.45, 2.75) is 0 Å². The van der Waals surface area contributed by atoms with E-state index >= 15 is 0 Å². The number of fused-ring (bicyclic) bond motifs is 1. The van der Waals surface area contributed by atoms with Crippen molar-refractivity contribution in [3.8, 4) is 11.5 Å². The van der Waals surface area contributed by atoms with Gasteiger partial charge in [-0.05, 0) is 24.3 Å². The molecule has 0 aliphatic carbocycles. The van der Waals surface area contributed by atoms with E-state index in [1.54, 1.807) is 18.2 Å². The third-order valence-corrected chi connectivity index (χ3v) is 3.03. The summed E-state index contributed by atoms with van der Waals surface area (Å²) >= 11 is 0. The van der Waals surface area contributed by atoms with E-state index < -0.39 is 24.0 Å². The molecule has 1 aromatic heterocycles. The molecule has 3 rings (SSSR count). The van der Waals surface area contributed by atoms with Crippen LogP contribution in [0.1, 0.15) is 10.4 Å². The van der Waals surface area contributed by atoms with Crippen molar-refractivity contribution in [1.82, 2.24) is 4.98 Å². The fraction of sp³-hybridized carbons (Fsp3) is 0.133. The van der Waals surface area contributed by atoms with Gasteiger partial charge in [0.2, 0.25) is 6.79 Å². The van der Waals surface area contributed by atoms with Gasteiger partial charge in [0, 0.05) is 18.0 Å². The van der Waals surface area contributed by atoms with Gasteiger partial charge < -0.3 is 24.5 Å². The summed E-state index contributed by atoms with van der Waals surface area (Å²) in [5.74, 6) is -0.286. The zero-order valence-corrected chi connectivity index (χ0v) is 11.8. The molecule has 1 aliphatic rings. The van der Waals surface area contributed by atoms with Crippen LogP contribution in [0.15, 0.2) is 41.3 Å². The number of esters is 1. The van der Waals surface area contributed by atoms with E-state index in [9.17, 15) is 14.4 Å². The summed E-state index contributed by atoms with van der Waals surface area (Å²) in [6, 6.07) is 7.70. The topological polar surface area (TPSA) is 107 Å². The molecule has 118 valence electrons. The quantitative estimate of drug-likeness (QED) is 0.812. The fourth-order valence-electron chi connectivity index (χ4n) is 1.96. The van der Waals surface area contributed by atoms with E-state index in [2.05, 4.69) is 10.3 Å². The van der Waals surface area contributed by atoms with Crippen LogP contribution in [-0.2, 0) is 9.53 Å². The lowest BCUT2D eigenvalue weighted by Gasteiger charge is -2.07. The monoisotopic (exact) mass is 316 g/mol. The van der Waals surface area contributed by atoms with Gasteiger partial charge in [0.25, 0.3) is 11.5 Å². The van der Waals surface area contributed by atoms with E-state index in [0.717, 1.165) is 0 Å². The standard InChI is InChI=1S/C15H12N2O6/c18-13(7-21-15(20)10-2-1-5-16-14(10)19)17-9-3-4-11-12(6-9)23-8-22-11/h1-6H,7-8H2,(H,16,19)(H,17,18). The van der Waals surface area contributed by atoms with Crippen molar-refractivity contribution in [2.75, 3.05) is 18.7 Å². The van der Waals surface area contributed by atoms with Gasteiger partial charge in [-0.3, -0.25) is 9.59 Å². The van der Waals surface area contributed by atoms with Crippen LogP contribution in [0.2, 0.25) is 0 Å². The number of carbonyl (C=O) groups excluding carboxylic acids is 2. The number of hydrogen-bond acceptors (Lipinski definition) is 6. The largest absolute Gasteiger partial charge is 0.454 e. The number of pyridine rings is 1. The molecule has 8 heteroatoms. The molecule has 0 unspecified atom stereocenters. The average molecular weight is 316 g/mol. The molecule has 2 aromatic rings. The molecule has 1 amide bonds. The van der Waals surface area contributed by atoms with Crippen molar-refractivity contribution in [3.63, 3.8) is 0 Å². The molecule has 0 saturated heterocycles. The van der Waals surface area contributed by atoms with Crippen LogP contribution in [0.3, 0.4) is 0 Å². The molecular formula is C15H12N2O6. The van der Waals surface area contributed by atoms with E-state index in [4.69, 9.17) is 14.2 Å². The minimum atomic E-state index is -0.868. The zero-order chi connectivity index (χ0) is 16.2. The Bertz CT molecular complexity index is 814. The Morgan fingerprint density at radius 2 is 2.04 bits per heavy atom. The van der Waals surface area contributed by atoms with Gasteiger partial charge in [0.05, 0.1) is 0 Å². The maximum atomic E-state index is 11.8. The number of carbonyl (C=O) groups is 2. The molecule has 8 nitrogen and oxygen atoms in total. The summed E-state index contributed by atoms with van der Waals surface area (Å²) in [4.78, 5) is 37.3. The highest BCUT2D eigenvalue weighted by Crippen LogP contribution is 2.34. The van der Waals surface area contributed by atoms with Crippen LogP contribution >= 0.6 is 0 Å². The number of H-pyrrole nitrogens is 1. The third kappa shape index (κ3) is 3.31. The Balaban J connectivity index is 1.57. The Labute approximate surface area is 130 Å². The number of ether oxygens (including phenoxy) is 3. The van der Waals surface area contributed by atoms with Crippen LogP contribution in [0.4, 0.5) is 5.69 Å². The molecule has 0 spiro atoms. The first-order chi connectivity index (χ1) is 11.1. The van der Waals surface area contributed by atoms with Gasteiger partial charge in [-0.25, -0.2) is 4.79 Å². The second-order valence-electron chi connectivity index (χ2n) is 4.61. The Hall–Kier alpha value is -3.29. The summed E-state index contributed by atoms with van der Waals surface area (Å²) in [5, 5.41) is 2.56. The Morgan fingerprint density at radius 1 is 1.22 bits per heavy atom. The molecule has 2 heterocycles. The van der Waals surface area contributed by atoms with Gasteiger partial charge in [-0.15, -0.1) is 0 Å². The summed E-state index contributed by atoms with van der Waals surface area (Å²) in [5.41, 5.74) is -0.259. The lowest BCUT2D eigenvalue weighted by Crippen LogP contribution is -2.24. The second-order valence-corrected chi connectivity index (χ2v) is 4.61. The third-order valence-electron chi connectivity index (χ3n) is 3.03. The number of aromatic amines is 1. The Morgan fingerprint density at radius 3 is 2.87 bits per heavy atom. The number of nitrogens with one attached hydrogen (secondary N) is 2. The van der Waals surface area contributed by atoms with Crippen molar-refractivity contribution in [2.24, 2.45) is 0 Å². The first-order valence-electron chi connectivity index (χ1n) is 6.68. The molecular weight excluding hydrogens is 304 g/mol. The van der Waals surface area contributed by atoms with Gasteiger partial charge in [-0.1, -0.05) is 0 Å². The number of anilines is 1. The SMILES string of the molecule is O=C(COC(=O)c1ccc[nH]c1=O)Nc1ccc2c(c1)OCO2. The normalized spacial score (nSPS) is 11.8. The highest BCUT2D eigenvalue weighted by Gasteiger charge is 2.16. The minimum absolute atomic E-state index is 0.135. The number of aromatic nitrogens is 1. The van der Waals surface area contributed by atoms with Crippen molar-refractivity contribution in [1.29, 1.82) is 0 Å². The zero-order valence-electron chi connectivity index (χ0n) is 11.8. The van der Waals surface area contributed by atoms with Gasteiger partial charge >= 0.3 is 5.97 Å². The highest BCUT2D eigenvalue weighted by atomic mass is 16.7. The number of rotatable bonds is 4. The van der Waals surface area contributed by atoms with Crippen molar-refractivity contribution < 1.29 is 23.8 Å². The molecule has 0 atom stereocenters. The lowest BCUT2D eigenvalue weighted by molar-refractivity contribution is -0.119. The maximum absolute atomic E-state index is 11.8. The first-order valence-corrected chi connectivity index (χ1v) is 6.68. The lowest BCUT2D eigenvalue weighted by atomic mass is 10.3. The Kier molecular flexibility index (Phi) is 3.96. The smallest absolute Gasteiger partial charge is 0.344 e. The van der Waals surface area contributed by atoms with E-state index in [0.29, 0.717) is 17.2 Å².